The lowest BCUT2D eigenvalue weighted by atomic mass is 9.76. The lowest BCUT2D eigenvalue weighted by Gasteiger charge is -2.43. The van der Waals surface area contributed by atoms with Crippen LogP contribution < -0.4 is 0 Å². The highest BCUT2D eigenvalue weighted by molar-refractivity contribution is 6.74. The van der Waals surface area contributed by atoms with Gasteiger partial charge in [0.15, 0.2) is 14.0 Å². The zero-order valence-electron chi connectivity index (χ0n) is 24.0. The smallest absolute Gasteiger partial charge is 0.360 e. The van der Waals surface area contributed by atoms with E-state index in [9.17, 15) is 4.79 Å². The summed E-state index contributed by atoms with van der Waals surface area (Å²) < 4.78 is 19.2. The van der Waals surface area contributed by atoms with Crippen LogP contribution in [0.1, 0.15) is 94.8 Å². The summed E-state index contributed by atoms with van der Waals surface area (Å²) in [6, 6.07) is -0.251. The van der Waals surface area contributed by atoms with Gasteiger partial charge in [0.25, 0.3) is 0 Å². The summed E-state index contributed by atoms with van der Waals surface area (Å²) in [6.07, 6.45) is 11.7. The number of aromatic nitrogens is 4. The minimum atomic E-state index is -1.85. The highest BCUT2D eigenvalue weighted by Gasteiger charge is 2.41. The molecule has 1 saturated carbocycles. The number of oxazole rings is 1. The Morgan fingerprint density at radius 1 is 1.30 bits per heavy atom. The molecule has 2 aromatic rings. The van der Waals surface area contributed by atoms with Crippen molar-refractivity contribution in [2.75, 3.05) is 7.11 Å². The predicted octanol–water partition coefficient (Wildman–Crippen LogP) is 6.61. The van der Waals surface area contributed by atoms with Crippen LogP contribution in [0.2, 0.25) is 18.1 Å². The highest BCUT2D eigenvalue weighted by atomic mass is 28.4. The number of esters is 1. The molecular formula is C28H46N4O4Si. The van der Waals surface area contributed by atoms with Crippen LogP contribution >= 0.6 is 0 Å². The van der Waals surface area contributed by atoms with Gasteiger partial charge in [-0.2, -0.15) is 0 Å². The monoisotopic (exact) mass is 530 g/mol. The molecule has 0 saturated heterocycles. The molecule has 8 nitrogen and oxygen atoms in total. The molecule has 2 aromatic heterocycles. The molecule has 3 rings (SSSR count). The standard InChI is InChI=1S/C28H46N4O4Si/c1-10-12-20-13-21(16-23(15-20)36-37(8,9)28(4,5)6)14-22-17-32(31-30-22)25(19(3)11-2)26-29-24(18-35-26)27(33)34-7/h10,17-21,23,25H,1,11-16H2,2-9H3/t19?,20?,21?,23?,25-/m0/s1. The summed E-state index contributed by atoms with van der Waals surface area (Å²) in [6.45, 7) is 19.8. The quantitative estimate of drug-likeness (QED) is 0.183. The third kappa shape index (κ3) is 7.19. The first-order valence-electron chi connectivity index (χ1n) is 13.6. The van der Waals surface area contributed by atoms with Crippen molar-refractivity contribution in [3.63, 3.8) is 0 Å². The average molecular weight is 531 g/mol. The minimum Gasteiger partial charge on any atom is -0.464 e. The van der Waals surface area contributed by atoms with E-state index in [4.69, 9.17) is 13.6 Å². The van der Waals surface area contributed by atoms with E-state index in [0.717, 1.165) is 44.2 Å². The van der Waals surface area contributed by atoms with E-state index in [2.05, 4.69) is 69.6 Å². The van der Waals surface area contributed by atoms with E-state index in [-0.39, 0.29) is 28.8 Å². The van der Waals surface area contributed by atoms with Gasteiger partial charge in [0.05, 0.1) is 12.8 Å². The summed E-state index contributed by atoms with van der Waals surface area (Å²) in [5.74, 6) is 1.18. The SMILES string of the molecule is C=CCC1CC(Cc2cn([C@H](c3nc(C(=O)OC)co3)C(C)CC)nn2)CC(O[Si](C)(C)C(C)(C)C)C1. The van der Waals surface area contributed by atoms with Crippen LogP contribution in [0.3, 0.4) is 0 Å². The number of nitrogens with zero attached hydrogens (tertiary/aromatic N) is 4. The van der Waals surface area contributed by atoms with Crippen molar-refractivity contribution < 1.29 is 18.4 Å². The molecule has 37 heavy (non-hydrogen) atoms. The lowest BCUT2D eigenvalue weighted by molar-refractivity contribution is 0.0593. The molecule has 0 bridgehead atoms. The normalized spacial score (nSPS) is 22.4. The molecule has 4 unspecified atom stereocenters. The molecule has 2 heterocycles. The molecule has 9 heteroatoms. The highest BCUT2D eigenvalue weighted by Crippen LogP contribution is 2.42. The van der Waals surface area contributed by atoms with E-state index in [1.165, 1.54) is 13.4 Å². The van der Waals surface area contributed by atoms with Crippen molar-refractivity contribution in [1.82, 2.24) is 20.0 Å². The molecule has 0 radical (unpaired) electrons. The summed E-state index contributed by atoms with van der Waals surface area (Å²) in [4.78, 5) is 16.3. The Hall–Kier alpha value is -2.26. The van der Waals surface area contributed by atoms with Crippen LogP contribution in [0.15, 0.2) is 29.5 Å². The summed E-state index contributed by atoms with van der Waals surface area (Å²) in [5.41, 5.74) is 1.12. The topological polar surface area (TPSA) is 92.3 Å². The largest absolute Gasteiger partial charge is 0.464 e. The summed E-state index contributed by atoms with van der Waals surface area (Å²) in [7, 11) is -0.516. The molecule has 0 amide bonds. The minimum absolute atomic E-state index is 0.161. The Balaban J connectivity index is 1.77. The van der Waals surface area contributed by atoms with Crippen molar-refractivity contribution in [3.8, 4) is 0 Å². The van der Waals surface area contributed by atoms with Gasteiger partial charge >= 0.3 is 5.97 Å². The molecule has 0 N–H and O–H groups in total. The van der Waals surface area contributed by atoms with Gasteiger partial charge in [-0.25, -0.2) is 14.5 Å². The van der Waals surface area contributed by atoms with E-state index in [1.807, 2.05) is 17.0 Å². The Morgan fingerprint density at radius 3 is 2.62 bits per heavy atom. The summed E-state index contributed by atoms with van der Waals surface area (Å²) >= 11 is 0. The Bertz CT molecular complexity index is 1040. The van der Waals surface area contributed by atoms with Crippen LogP contribution in [-0.2, 0) is 15.6 Å². The first kappa shape index (κ1) is 29.3. The lowest BCUT2D eigenvalue weighted by Crippen LogP contribution is -2.46. The van der Waals surface area contributed by atoms with E-state index >= 15 is 0 Å². The first-order chi connectivity index (χ1) is 17.4. The second-order valence-electron chi connectivity index (χ2n) is 12.3. The zero-order valence-corrected chi connectivity index (χ0v) is 25.0. The van der Waals surface area contributed by atoms with Crippen molar-refractivity contribution in [3.05, 3.63) is 42.4 Å². The van der Waals surface area contributed by atoms with Crippen molar-refractivity contribution in [2.45, 2.75) is 103 Å². The van der Waals surface area contributed by atoms with Crippen molar-refractivity contribution in [1.29, 1.82) is 0 Å². The van der Waals surface area contributed by atoms with Crippen molar-refractivity contribution in [2.24, 2.45) is 17.8 Å². The number of methoxy groups -OCH3 is 1. The number of ether oxygens (including phenoxy) is 1. The third-order valence-corrected chi connectivity index (χ3v) is 12.9. The maximum Gasteiger partial charge on any atom is 0.360 e. The van der Waals surface area contributed by atoms with Gasteiger partial charge < -0.3 is 13.6 Å². The van der Waals surface area contributed by atoms with Gasteiger partial charge in [-0.3, -0.25) is 0 Å². The predicted molar refractivity (Wildman–Crippen MR) is 147 cm³/mol. The molecule has 0 spiro atoms. The van der Waals surface area contributed by atoms with Gasteiger partial charge in [0.1, 0.15) is 12.3 Å². The van der Waals surface area contributed by atoms with E-state index in [0.29, 0.717) is 17.7 Å². The van der Waals surface area contributed by atoms with E-state index in [1.54, 1.807) is 0 Å². The maximum absolute atomic E-state index is 11.9. The second kappa shape index (κ2) is 12.1. The molecule has 1 aliphatic rings. The van der Waals surface area contributed by atoms with Crippen LogP contribution in [-0.4, -0.2) is 47.5 Å². The third-order valence-electron chi connectivity index (χ3n) is 8.32. The number of rotatable bonds is 11. The van der Waals surface area contributed by atoms with Gasteiger partial charge in [-0.1, -0.05) is 52.3 Å². The fourth-order valence-corrected chi connectivity index (χ4v) is 6.47. The van der Waals surface area contributed by atoms with Crippen LogP contribution in [0.4, 0.5) is 0 Å². The molecule has 206 valence electrons. The molecule has 1 aliphatic carbocycles. The molecule has 0 aromatic carbocycles. The van der Waals surface area contributed by atoms with E-state index < -0.39 is 14.3 Å². The number of hydrogen-bond donors (Lipinski definition) is 0. The summed E-state index contributed by atoms with van der Waals surface area (Å²) in [5, 5.41) is 9.21. The Kier molecular flexibility index (Phi) is 9.55. The van der Waals surface area contributed by atoms with Gasteiger partial charge in [-0.05, 0) is 68.0 Å². The second-order valence-corrected chi connectivity index (χ2v) is 17.0. The number of carbonyl (C=O) groups excluding carboxylic acids is 1. The molecule has 1 fully saturated rings. The van der Waals surface area contributed by atoms with Gasteiger partial charge in [0, 0.05) is 12.3 Å². The fraction of sp³-hybridized carbons (Fsp3) is 0.714. The number of hydrogen-bond acceptors (Lipinski definition) is 7. The molecule has 0 aliphatic heterocycles. The first-order valence-corrected chi connectivity index (χ1v) is 16.5. The number of allylic oxidation sites excluding steroid dienone is 1. The number of carbonyl (C=O) groups is 1. The molecule has 5 atom stereocenters. The fourth-order valence-electron chi connectivity index (χ4n) is 5.09. The molecular weight excluding hydrogens is 484 g/mol. The zero-order chi connectivity index (χ0) is 27.4. The van der Waals surface area contributed by atoms with Crippen LogP contribution in [0.25, 0.3) is 0 Å². The van der Waals surface area contributed by atoms with Crippen LogP contribution in [0, 0.1) is 17.8 Å². The van der Waals surface area contributed by atoms with Gasteiger partial charge in [0.2, 0.25) is 5.89 Å². The Labute approximate surface area is 223 Å². The van der Waals surface area contributed by atoms with Crippen LogP contribution in [0.5, 0.6) is 0 Å². The van der Waals surface area contributed by atoms with Gasteiger partial charge in [-0.15, -0.1) is 11.7 Å². The van der Waals surface area contributed by atoms with Crippen molar-refractivity contribution >= 4 is 14.3 Å². The average Bonchev–Trinajstić information content (AvgIpc) is 3.48. The Morgan fingerprint density at radius 2 is 2.00 bits per heavy atom. The maximum atomic E-state index is 11.9.